The summed E-state index contributed by atoms with van der Waals surface area (Å²) in [6.07, 6.45) is -32.4. The predicted molar refractivity (Wildman–Crippen MR) is 290 cm³/mol. The third-order valence-corrected chi connectivity index (χ3v) is 22.4. The lowest BCUT2D eigenvalue weighted by Gasteiger charge is -2.72. The summed E-state index contributed by atoms with van der Waals surface area (Å²) in [4.78, 5) is 39.6. The highest BCUT2D eigenvalue weighted by Crippen LogP contribution is 2.76. The zero-order chi connectivity index (χ0) is 63.3. The first-order valence-corrected chi connectivity index (χ1v) is 30.0. The number of rotatable bonds is 15. The molecule has 8 fully saturated rings. The second-order valence-corrected chi connectivity index (χ2v) is 27.4. The highest BCUT2D eigenvalue weighted by molar-refractivity contribution is 5.87. The highest BCUT2D eigenvalue weighted by atomic mass is 16.8. The van der Waals surface area contributed by atoms with Crippen LogP contribution in [-0.2, 0) is 61.8 Å². The van der Waals surface area contributed by atoms with Crippen LogP contribution in [0, 0.1) is 50.2 Å². The van der Waals surface area contributed by atoms with Crippen molar-refractivity contribution < 1.29 is 133 Å². The number of carboxylic acid groups (broad SMARTS) is 1. The monoisotopic (exact) mass is 1230 g/mol. The molecule has 0 bridgehead atoms. The van der Waals surface area contributed by atoms with Crippen LogP contribution in [0.25, 0.3) is 0 Å². The molecule has 0 radical (unpaired) electrons. The molecule has 4 saturated heterocycles. The van der Waals surface area contributed by atoms with E-state index in [2.05, 4.69) is 26.8 Å². The lowest BCUT2D eigenvalue weighted by atomic mass is 9.33. The molecule has 4 saturated carbocycles. The van der Waals surface area contributed by atoms with Crippen LogP contribution < -0.4 is 0 Å². The van der Waals surface area contributed by atoms with Gasteiger partial charge in [0.05, 0.1) is 50.7 Å². The molecule has 0 spiro atoms. The molecule has 14 N–H and O–H groups in total. The maximum absolute atomic E-state index is 13.5. The Morgan fingerprint density at radius 2 is 1.27 bits per heavy atom. The Hall–Kier alpha value is -2.95. The molecule has 4 heterocycles. The smallest absolute Gasteiger partial charge is 0.335 e. The van der Waals surface area contributed by atoms with Gasteiger partial charge in [-0.3, -0.25) is 4.79 Å². The molecule has 27 heteroatoms. The first kappa shape index (κ1) is 67.4. The maximum Gasteiger partial charge on any atom is 0.335 e. The van der Waals surface area contributed by atoms with E-state index in [1.54, 1.807) is 19.9 Å². The number of carbonyl (C=O) groups is 3. The Kier molecular flexibility index (Phi) is 19.5. The van der Waals surface area contributed by atoms with Gasteiger partial charge in [0.25, 0.3) is 0 Å². The predicted octanol–water partition coefficient (Wildman–Crippen LogP) is -2.22. The van der Waals surface area contributed by atoms with Crippen LogP contribution in [0.1, 0.15) is 107 Å². The largest absolute Gasteiger partial charge is 0.479 e. The van der Waals surface area contributed by atoms with Gasteiger partial charge in [-0.25, -0.2) is 9.59 Å². The van der Waals surface area contributed by atoms with Crippen molar-refractivity contribution in [3.05, 3.63) is 23.3 Å². The van der Waals surface area contributed by atoms with Gasteiger partial charge in [0, 0.05) is 23.3 Å². The van der Waals surface area contributed by atoms with E-state index in [4.69, 9.17) is 47.4 Å². The average molecular weight is 1230 g/mol. The van der Waals surface area contributed by atoms with E-state index in [0.29, 0.717) is 37.7 Å². The van der Waals surface area contributed by atoms with Crippen molar-refractivity contribution in [2.75, 3.05) is 33.0 Å². The van der Waals surface area contributed by atoms with Crippen molar-refractivity contribution in [3.8, 4) is 0 Å². The molecule has 9 rings (SSSR count). The van der Waals surface area contributed by atoms with Crippen LogP contribution in [0.5, 0.6) is 0 Å². The van der Waals surface area contributed by atoms with Gasteiger partial charge >= 0.3 is 17.9 Å². The Morgan fingerprint density at radius 1 is 0.640 bits per heavy atom. The van der Waals surface area contributed by atoms with Crippen molar-refractivity contribution in [1.29, 1.82) is 0 Å². The molecule has 86 heavy (non-hydrogen) atoms. The number of allylic oxidation sites excluding steroid dienone is 3. The molecule has 30 atom stereocenters. The fraction of sp³-hybridized carbons (Fsp3) is 0.881. The summed E-state index contributed by atoms with van der Waals surface area (Å²) < 4.78 is 60.8. The summed E-state index contributed by atoms with van der Waals surface area (Å²) >= 11 is 0. The minimum Gasteiger partial charge on any atom is -0.479 e. The van der Waals surface area contributed by atoms with Gasteiger partial charge in [-0.1, -0.05) is 59.3 Å². The number of esters is 2. The van der Waals surface area contributed by atoms with Crippen LogP contribution >= 0.6 is 0 Å². The molecule has 0 aromatic rings. The van der Waals surface area contributed by atoms with Gasteiger partial charge in [-0.15, -0.1) is 0 Å². The van der Waals surface area contributed by atoms with E-state index >= 15 is 0 Å². The third kappa shape index (κ3) is 11.0. The summed E-state index contributed by atoms with van der Waals surface area (Å²) in [6, 6.07) is 0. The quantitative estimate of drug-likeness (QED) is 0.0357. The summed E-state index contributed by atoms with van der Waals surface area (Å²) in [5.74, 6) is -4.03. The first-order chi connectivity index (χ1) is 40.3. The van der Waals surface area contributed by atoms with E-state index in [0.717, 1.165) is 5.57 Å². The van der Waals surface area contributed by atoms with E-state index in [-0.39, 0.29) is 24.7 Å². The van der Waals surface area contributed by atoms with Crippen LogP contribution in [0.15, 0.2) is 23.3 Å². The fourth-order valence-corrected chi connectivity index (χ4v) is 17.1. The molecule has 0 unspecified atom stereocenters. The van der Waals surface area contributed by atoms with Gasteiger partial charge in [0.1, 0.15) is 91.6 Å². The van der Waals surface area contributed by atoms with Crippen LogP contribution in [-0.4, -0.2) is 257 Å². The van der Waals surface area contributed by atoms with Gasteiger partial charge < -0.3 is 119 Å². The SMILES string of the molecule is C/C=C(\C)C(=O)O[C@H]1[C@@H](OC(C)=O)[C@@]2(CO)[C@H](CC1(C)C)C1=CC[C@@H]3[C@@]4(C)CC[C@@H](O[C@@H]5O[C@H](C(=O)O)[C@H](O)[C@H](O[C@@H]6O[C@@H](CO)[C@@H](O)[C@@H](O)[C@@H]6O)[C@@H]5O[C@@H]5OC[C@H](O)[C@H](O)[C@@H]5O[C@H]5OC[C@@H](O)[C@H](O)[C@@H]5O)[C@](C)(CO)[C@@H]4CC[C@@]3(C)[C@]1(C)C[C@@H]2O. The van der Waals surface area contributed by atoms with E-state index in [9.17, 15) is 85.9 Å². The molecular formula is C59H92O27. The number of carboxylic acids is 1. The number of hydrogen-bond donors (Lipinski definition) is 14. The minimum atomic E-state index is -2.26. The third-order valence-electron chi connectivity index (χ3n) is 22.4. The van der Waals surface area contributed by atoms with Crippen LogP contribution in [0.3, 0.4) is 0 Å². The number of aliphatic hydroxyl groups is 13. The summed E-state index contributed by atoms with van der Waals surface area (Å²) in [6.45, 7) is 13.6. The number of hydrogen-bond acceptors (Lipinski definition) is 26. The van der Waals surface area contributed by atoms with Gasteiger partial charge in [-0.2, -0.15) is 0 Å². The summed E-state index contributed by atoms with van der Waals surface area (Å²) in [7, 11) is 0. The van der Waals surface area contributed by atoms with Gasteiger partial charge in [-0.05, 0) is 92.8 Å². The van der Waals surface area contributed by atoms with Crippen LogP contribution in [0.4, 0.5) is 0 Å². The Bertz CT molecular complexity index is 2510. The maximum atomic E-state index is 13.5. The molecule has 4 aliphatic heterocycles. The summed E-state index contributed by atoms with van der Waals surface area (Å²) in [5.41, 5.74) is -4.02. The number of fused-ring (bicyclic) bond motifs is 7. The Morgan fingerprint density at radius 3 is 1.88 bits per heavy atom. The van der Waals surface area contributed by atoms with E-state index < -0.39 is 224 Å². The number of aliphatic carboxylic acids is 1. The van der Waals surface area contributed by atoms with Gasteiger partial charge in [0.2, 0.25) is 0 Å². The fourth-order valence-electron chi connectivity index (χ4n) is 17.1. The number of carbonyl (C=O) groups excluding carboxylic acids is 2. The number of aliphatic hydroxyl groups excluding tert-OH is 13. The van der Waals surface area contributed by atoms with Crippen molar-refractivity contribution in [3.63, 3.8) is 0 Å². The minimum absolute atomic E-state index is 0.121. The molecule has 0 aromatic carbocycles. The zero-order valence-corrected chi connectivity index (χ0v) is 50.1. The summed E-state index contributed by atoms with van der Waals surface area (Å²) in [5, 5.41) is 156. The number of ether oxygens (including phenoxy) is 10. The standard InChI is InChI=1S/C59H92O27/c1-10-24(2)49(76)86-46-47(79-25(3)63)59(23-62)27(17-54(46,4)5)26-11-12-32-55(6)15-14-34(56(7,22-61)31(55)13-16-57(32,8)58(26,9)18-33(59)66)81-53-45(85-52-44(36(68)29(65)21-78-52)84-50-39(71)35(67)28(64)20-77-50)42(41(73)43(83-53)48(74)75)82-51-40(72)38(70)37(69)30(19-60)80-51/h10-11,27-47,50-53,60-62,64-73H,12-23H2,1-9H3,(H,74,75)/b24-10+/t27-,28-,29+,30+,31-,32-,33+,34-,35+,36+,37-,38-,39+,40+,41-,42+,43+,44+,45+,46+,47-,50-,51+,52+,53-,55+,56-,57-,58-,59+/m1/s1. The highest BCUT2D eigenvalue weighted by Gasteiger charge is 2.74. The molecule has 27 nitrogen and oxygen atoms in total. The second kappa shape index (κ2) is 24.9. The lowest BCUT2D eigenvalue weighted by Crippen LogP contribution is -2.72. The van der Waals surface area contributed by atoms with E-state index in [1.807, 2.05) is 20.8 Å². The van der Waals surface area contributed by atoms with Crippen molar-refractivity contribution in [2.45, 2.75) is 242 Å². The van der Waals surface area contributed by atoms with Crippen molar-refractivity contribution in [2.24, 2.45) is 50.2 Å². The molecule has 5 aliphatic carbocycles. The Balaban J connectivity index is 1.06. The topological polar surface area (TPSA) is 427 Å². The molecule has 0 amide bonds. The molecule has 490 valence electrons. The molecule has 9 aliphatic rings. The lowest BCUT2D eigenvalue weighted by molar-refractivity contribution is -0.400. The average Bonchev–Trinajstić information content (AvgIpc) is 0.672. The second-order valence-electron chi connectivity index (χ2n) is 27.4. The van der Waals surface area contributed by atoms with Crippen molar-refractivity contribution >= 4 is 17.9 Å². The normalized spacial score (nSPS) is 51.2. The Labute approximate surface area is 498 Å². The van der Waals surface area contributed by atoms with E-state index in [1.165, 1.54) is 6.92 Å². The zero-order valence-electron chi connectivity index (χ0n) is 50.1. The van der Waals surface area contributed by atoms with Crippen molar-refractivity contribution in [1.82, 2.24) is 0 Å². The van der Waals surface area contributed by atoms with Crippen LogP contribution in [0.2, 0.25) is 0 Å². The molecular weight excluding hydrogens is 1140 g/mol. The first-order valence-electron chi connectivity index (χ1n) is 30.0. The molecule has 0 aromatic heterocycles. The van der Waals surface area contributed by atoms with Gasteiger partial charge in [0.15, 0.2) is 31.3 Å².